The highest BCUT2D eigenvalue weighted by molar-refractivity contribution is 6.76. The maximum Gasteiger partial charge on any atom is 0.241 e. The highest BCUT2D eigenvalue weighted by Gasteiger charge is 2.54. The predicted molar refractivity (Wildman–Crippen MR) is 136 cm³/mol. The molecule has 0 fully saturated rings. The molecule has 0 bridgehead atoms. The maximum atomic E-state index is 13.8. The molecule has 2 aromatic heterocycles. The van der Waals surface area contributed by atoms with Gasteiger partial charge in [-0.25, -0.2) is 9.97 Å². The number of carbonyl (C=O) groups is 1. The molecule has 0 N–H and O–H groups in total. The van der Waals surface area contributed by atoms with E-state index >= 15 is 0 Å². The van der Waals surface area contributed by atoms with Crippen molar-refractivity contribution in [1.29, 1.82) is 0 Å². The summed E-state index contributed by atoms with van der Waals surface area (Å²) in [4.78, 5) is 24.8. The highest BCUT2D eigenvalue weighted by atomic mass is 28.3. The maximum absolute atomic E-state index is 13.8. The van der Waals surface area contributed by atoms with Crippen LogP contribution in [0.5, 0.6) is 0 Å². The molecule has 0 radical (unpaired) electrons. The summed E-state index contributed by atoms with van der Waals surface area (Å²) in [5.74, 6) is 2.23. The third kappa shape index (κ3) is 4.37. The smallest absolute Gasteiger partial charge is 0.241 e. The summed E-state index contributed by atoms with van der Waals surface area (Å²) in [5, 5.41) is 0. The van der Waals surface area contributed by atoms with E-state index in [-0.39, 0.29) is 12.6 Å². The van der Waals surface area contributed by atoms with Gasteiger partial charge in [-0.15, -0.1) is 0 Å². The van der Waals surface area contributed by atoms with Gasteiger partial charge in [0.1, 0.15) is 18.3 Å². The van der Waals surface area contributed by atoms with Gasteiger partial charge >= 0.3 is 0 Å². The van der Waals surface area contributed by atoms with E-state index in [2.05, 4.69) is 24.6 Å². The molecule has 1 spiro atoms. The molecule has 1 amide bonds. The summed E-state index contributed by atoms with van der Waals surface area (Å²) >= 11 is 0. The van der Waals surface area contributed by atoms with Crippen molar-refractivity contribution < 1.29 is 13.9 Å². The van der Waals surface area contributed by atoms with E-state index in [1.165, 1.54) is 0 Å². The van der Waals surface area contributed by atoms with Crippen molar-refractivity contribution in [2.45, 2.75) is 50.4 Å². The Morgan fingerprint density at radius 1 is 1.15 bits per heavy atom. The van der Waals surface area contributed by atoms with Gasteiger partial charge in [-0.1, -0.05) is 56.0 Å². The number of nitrogens with zero attached hydrogens (tertiary/aromatic N) is 3. The molecule has 0 saturated carbocycles. The zero-order valence-corrected chi connectivity index (χ0v) is 21.1. The second-order valence-electron chi connectivity index (χ2n) is 10.4. The number of aryl methyl sites for hydroxylation is 1. The number of rotatable bonds is 7. The molecule has 2 aliphatic rings. The molecule has 5 rings (SSSR count). The minimum atomic E-state index is -1.20. The monoisotopic (exact) mass is 473 g/mol. The topological polar surface area (TPSA) is 68.5 Å². The van der Waals surface area contributed by atoms with Gasteiger partial charge in [0.05, 0.1) is 11.1 Å². The van der Waals surface area contributed by atoms with Crippen LogP contribution in [-0.4, -0.2) is 37.3 Å². The van der Waals surface area contributed by atoms with E-state index in [0.29, 0.717) is 31.8 Å². The fourth-order valence-electron chi connectivity index (χ4n) is 4.76. The van der Waals surface area contributed by atoms with Crippen LogP contribution in [0.25, 0.3) is 12.2 Å². The Morgan fingerprint density at radius 3 is 2.76 bits per heavy atom. The number of aromatic nitrogens is 2. The van der Waals surface area contributed by atoms with Gasteiger partial charge in [0, 0.05) is 45.4 Å². The molecule has 1 atom stereocenters. The molecule has 3 aromatic rings. The fourth-order valence-corrected chi connectivity index (χ4v) is 5.52. The van der Waals surface area contributed by atoms with Crippen LogP contribution in [0, 0.1) is 0 Å². The summed E-state index contributed by atoms with van der Waals surface area (Å²) in [5.41, 5.74) is 2.27. The van der Waals surface area contributed by atoms with Crippen LogP contribution in [-0.2, 0) is 27.8 Å². The summed E-state index contributed by atoms with van der Waals surface area (Å²) in [6, 6.07) is 15.1. The lowest BCUT2D eigenvalue weighted by atomic mass is 9.71. The first-order chi connectivity index (χ1) is 16.4. The lowest BCUT2D eigenvalue weighted by molar-refractivity contribution is -0.124. The normalized spacial score (nSPS) is 19.7. The standard InChI is InChI=1S/C27H31N3O3Si/c1-34(2,3)17-16-32-19-30-25-21(10-7-15-28-25)27(26(30)31)14-13-23-22(18-27)29-24(33-23)12-11-20-8-5-4-6-9-20/h4-12,15H,13-14,16-19H2,1-3H3. The molecule has 1 unspecified atom stereocenters. The van der Waals surface area contributed by atoms with Gasteiger partial charge in [0.2, 0.25) is 11.8 Å². The largest absolute Gasteiger partial charge is 0.441 e. The summed E-state index contributed by atoms with van der Waals surface area (Å²) in [6.45, 7) is 7.88. The van der Waals surface area contributed by atoms with E-state index in [1.807, 2.05) is 54.6 Å². The number of oxazole rings is 1. The minimum Gasteiger partial charge on any atom is -0.441 e. The Balaban J connectivity index is 1.37. The van der Waals surface area contributed by atoms with Crippen molar-refractivity contribution in [2.24, 2.45) is 0 Å². The first kappa shape index (κ1) is 22.7. The van der Waals surface area contributed by atoms with Crippen LogP contribution >= 0.6 is 0 Å². The molecular weight excluding hydrogens is 442 g/mol. The summed E-state index contributed by atoms with van der Waals surface area (Å²) in [6.07, 6.45) is 7.51. The van der Waals surface area contributed by atoms with Crippen LogP contribution in [0.15, 0.2) is 53.1 Å². The first-order valence-corrected chi connectivity index (χ1v) is 15.6. The Labute approximate surface area is 201 Å². The Kier molecular flexibility index (Phi) is 6.00. The van der Waals surface area contributed by atoms with Crippen LogP contribution in [0.3, 0.4) is 0 Å². The van der Waals surface area contributed by atoms with Crippen molar-refractivity contribution in [2.75, 3.05) is 18.2 Å². The zero-order chi connectivity index (χ0) is 23.8. The lowest BCUT2D eigenvalue weighted by Crippen LogP contribution is -2.45. The van der Waals surface area contributed by atoms with E-state index in [0.717, 1.165) is 34.4 Å². The average Bonchev–Trinajstić information content (AvgIpc) is 3.33. The number of benzene rings is 1. The predicted octanol–water partition coefficient (Wildman–Crippen LogP) is 5.33. The molecule has 0 saturated heterocycles. The van der Waals surface area contributed by atoms with E-state index < -0.39 is 13.5 Å². The summed E-state index contributed by atoms with van der Waals surface area (Å²) < 4.78 is 12.0. The second kappa shape index (κ2) is 8.96. The molecule has 1 aliphatic heterocycles. The number of anilines is 1. The van der Waals surface area contributed by atoms with Crippen molar-refractivity contribution in [3.05, 3.63) is 77.1 Å². The molecular formula is C27H31N3O3Si. The minimum absolute atomic E-state index is 0.0595. The number of fused-ring (bicyclic) bond motifs is 3. The number of hydrogen-bond donors (Lipinski definition) is 0. The van der Waals surface area contributed by atoms with Gasteiger partial charge in [-0.05, 0) is 30.2 Å². The Morgan fingerprint density at radius 2 is 1.97 bits per heavy atom. The number of amides is 1. The number of carbonyl (C=O) groups excluding carboxylic acids is 1. The summed E-state index contributed by atoms with van der Waals surface area (Å²) in [7, 11) is -1.20. The number of hydrogen-bond acceptors (Lipinski definition) is 5. The SMILES string of the molecule is C[Si](C)(C)CCOCN1C(=O)C2(CCc3oc(C=Cc4ccccc4)nc3C2)c2cccnc21. The van der Waals surface area contributed by atoms with E-state index in [9.17, 15) is 4.79 Å². The van der Waals surface area contributed by atoms with Crippen LogP contribution in [0.2, 0.25) is 25.7 Å². The van der Waals surface area contributed by atoms with E-state index in [1.54, 1.807) is 11.1 Å². The molecule has 34 heavy (non-hydrogen) atoms. The molecule has 6 nitrogen and oxygen atoms in total. The van der Waals surface area contributed by atoms with Crippen LogP contribution < -0.4 is 4.90 Å². The van der Waals surface area contributed by atoms with Crippen molar-refractivity contribution in [3.8, 4) is 0 Å². The van der Waals surface area contributed by atoms with Gasteiger partial charge < -0.3 is 9.15 Å². The Bertz CT molecular complexity index is 1220. The van der Waals surface area contributed by atoms with E-state index in [4.69, 9.17) is 14.1 Å². The third-order valence-corrected chi connectivity index (χ3v) is 8.39. The molecule has 1 aliphatic carbocycles. The quantitative estimate of drug-likeness (QED) is 0.343. The Hall–Kier alpha value is -3.03. The average molecular weight is 474 g/mol. The molecule has 176 valence electrons. The van der Waals surface area contributed by atoms with Gasteiger partial charge in [0.15, 0.2) is 0 Å². The van der Waals surface area contributed by atoms with Crippen molar-refractivity contribution >= 4 is 32.0 Å². The van der Waals surface area contributed by atoms with Crippen LogP contribution in [0.1, 0.15) is 34.9 Å². The van der Waals surface area contributed by atoms with Gasteiger partial charge in [0.25, 0.3) is 0 Å². The van der Waals surface area contributed by atoms with Gasteiger partial charge in [-0.3, -0.25) is 9.69 Å². The van der Waals surface area contributed by atoms with Crippen LogP contribution in [0.4, 0.5) is 5.82 Å². The fraction of sp³-hybridized carbons (Fsp3) is 0.370. The molecule has 1 aromatic carbocycles. The molecule has 7 heteroatoms. The molecule has 3 heterocycles. The highest BCUT2D eigenvalue weighted by Crippen LogP contribution is 2.48. The third-order valence-electron chi connectivity index (χ3n) is 6.69. The van der Waals surface area contributed by atoms with Gasteiger partial charge in [-0.2, -0.15) is 0 Å². The first-order valence-electron chi connectivity index (χ1n) is 11.9. The number of ether oxygens (including phenoxy) is 1. The number of pyridine rings is 1. The van der Waals surface area contributed by atoms with Crippen molar-refractivity contribution in [3.63, 3.8) is 0 Å². The zero-order valence-electron chi connectivity index (χ0n) is 20.1. The van der Waals surface area contributed by atoms with Crippen molar-refractivity contribution in [1.82, 2.24) is 9.97 Å². The lowest BCUT2D eigenvalue weighted by Gasteiger charge is -2.31. The second-order valence-corrected chi connectivity index (χ2v) is 16.0.